The van der Waals surface area contributed by atoms with E-state index in [2.05, 4.69) is 10.3 Å². The molecule has 3 aromatic rings. The number of para-hydroxylation sites is 1. The molecule has 0 unspecified atom stereocenters. The number of esters is 1. The number of hydrogen-bond acceptors (Lipinski definition) is 8. The number of amides is 1. The van der Waals surface area contributed by atoms with Crippen molar-refractivity contribution in [2.75, 3.05) is 13.7 Å². The molecule has 1 amide bonds. The number of carbonyl (C=O) groups excluding carboxylic acids is 2. The van der Waals surface area contributed by atoms with Crippen LogP contribution in [0.25, 0.3) is 0 Å². The smallest absolute Gasteiger partial charge is 0.328 e. The summed E-state index contributed by atoms with van der Waals surface area (Å²) in [6.07, 6.45) is 0.0161. The standard InChI is InChI=1S/C27H30N2O7/c1-18(29-26(31)24-25(30)22(33-3)14-15-28-24)27(32)36-23(17-34-16-20-10-6-4-7-11-20)19(2)35-21-12-8-5-9-13-21/h4-15,18-19,23,30H,16-17H2,1-3H3,(H,29,31)/t18-,19-,23+/m0/s1. The van der Waals surface area contributed by atoms with Crippen molar-refractivity contribution in [1.29, 1.82) is 0 Å². The molecule has 9 heteroatoms. The Kier molecular flexibility index (Phi) is 9.64. The summed E-state index contributed by atoms with van der Waals surface area (Å²) >= 11 is 0. The molecule has 0 aliphatic rings. The molecule has 3 rings (SSSR count). The fraction of sp³-hybridized carbons (Fsp3) is 0.296. The van der Waals surface area contributed by atoms with E-state index in [0.717, 1.165) is 5.56 Å². The Labute approximate surface area is 210 Å². The Morgan fingerprint density at radius 3 is 2.33 bits per heavy atom. The van der Waals surface area contributed by atoms with Crippen LogP contribution in [0.15, 0.2) is 72.9 Å². The highest BCUT2D eigenvalue weighted by atomic mass is 16.6. The van der Waals surface area contributed by atoms with Gasteiger partial charge in [-0.3, -0.25) is 4.79 Å². The van der Waals surface area contributed by atoms with Gasteiger partial charge in [0, 0.05) is 12.3 Å². The molecule has 3 atom stereocenters. The number of aromatic nitrogens is 1. The minimum Gasteiger partial charge on any atom is -0.503 e. The number of nitrogens with zero attached hydrogens (tertiary/aromatic N) is 1. The SMILES string of the molecule is COc1ccnc(C(=O)N[C@@H](C)C(=O)O[C@H](COCc2ccccc2)[C@H](C)Oc2ccccc2)c1O. The van der Waals surface area contributed by atoms with Crippen LogP contribution in [0.2, 0.25) is 0 Å². The van der Waals surface area contributed by atoms with Crippen LogP contribution in [0.1, 0.15) is 29.9 Å². The molecule has 0 fully saturated rings. The zero-order chi connectivity index (χ0) is 25.9. The van der Waals surface area contributed by atoms with Crippen molar-refractivity contribution < 1.29 is 33.6 Å². The van der Waals surface area contributed by atoms with Crippen molar-refractivity contribution >= 4 is 11.9 Å². The number of ether oxygens (including phenoxy) is 4. The molecule has 2 N–H and O–H groups in total. The summed E-state index contributed by atoms with van der Waals surface area (Å²) in [5.74, 6) is -1.15. The average Bonchev–Trinajstić information content (AvgIpc) is 2.89. The number of methoxy groups -OCH3 is 1. The van der Waals surface area contributed by atoms with Gasteiger partial charge in [-0.25, -0.2) is 9.78 Å². The molecule has 0 spiro atoms. The van der Waals surface area contributed by atoms with E-state index >= 15 is 0 Å². The zero-order valence-corrected chi connectivity index (χ0v) is 20.4. The number of hydrogen-bond donors (Lipinski definition) is 2. The van der Waals surface area contributed by atoms with E-state index in [4.69, 9.17) is 18.9 Å². The third-order valence-electron chi connectivity index (χ3n) is 5.27. The number of pyridine rings is 1. The summed E-state index contributed by atoms with van der Waals surface area (Å²) < 4.78 is 22.4. The quantitative estimate of drug-likeness (QED) is 0.368. The summed E-state index contributed by atoms with van der Waals surface area (Å²) in [4.78, 5) is 29.3. The number of nitrogens with one attached hydrogen (secondary N) is 1. The maximum Gasteiger partial charge on any atom is 0.328 e. The minimum atomic E-state index is -1.04. The summed E-state index contributed by atoms with van der Waals surface area (Å²) in [6, 6.07) is 19.2. The zero-order valence-electron chi connectivity index (χ0n) is 20.4. The monoisotopic (exact) mass is 494 g/mol. The molecule has 2 aromatic carbocycles. The normalized spacial score (nSPS) is 13.2. The number of aromatic hydroxyl groups is 1. The summed E-state index contributed by atoms with van der Waals surface area (Å²) in [5, 5.41) is 12.7. The van der Waals surface area contributed by atoms with Crippen LogP contribution in [-0.2, 0) is 20.9 Å². The first kappa shape index (κ1) is 26.5. The molecule has 190 valence electrons. The number of rotatable bonds is 12. The molecule has 0 radical (unpaired) electrons. The highest BCUT2D eigenvalue weighted by Gasteiger charge is 2.28. The predicted octanol–water partition coefficient (Wildman–Crippen LogP) is 3.51. The second-order valence-electron chi connectivity index (χ2n) is 8.02. The van der Waals surface area contributed by atoms with E-state index in [9.17, 15) is 14.7 Å². The first-order valence-electron chi connectivity index (χ1n) is 11.5. The van der Waals surface area contributed by atoms with E-state index in [0.29, 0.717) is 12.4 Å². The first-order chi connectivity index (χ1) is 17.4. The van der Waals surface area contributed by atoms with Crippen LogP contribution in [0, 0.1) is 0 Å². The van der Waals surface area contributed by atoms with Crippen molar-refractivity contribution in [3.8, 4) is 17.2 Å². The number of carbonyl (C=O) groups is 2. The van der Waals surface area contributed by atoms with Gasteiger partial charge in [-0.15, -0.1) is 0 Å². The Balaban J connectivity index is 1.64. The lowest BCUT2D eigenvalue weighted by atomic mass is 10.2. The van der Waals surface area contributed by atoms with Crippen LogP contribution < -0.4 is 14.8 Å². The molecule has 0 aliphatic heterocycles. The van der Waals surface area contributed by atoms with Crippen LogP contribution in [0.3, 0.4) is 0 Å². The lowest BCUT2D eigenvalue weighted by Crippen LogP contribution is -2.45. The maximum atomic E-state index is 12.9. The molecule has 0 saturated carbocycles. The van der Waals surface area contributed by atoms with Crippen molar-refractivity contribution in [2.45, 2.75) is 38.7 Å². The maximum absolute atomic E-state index is 12.9. The summed E-state index contributed by atoms with van der Waals surface area (Å²) in [7, 11) is 1.36. The summed E-state index contributed by atoms with van der Waals surface area (Å²) in [6.45, 7) is 3.66. The van der Waals surface area contributed by atoms with Crippen LogP contribution in [0.4, 0.5) is 0 Å². The molecule has 1 aromatic heterocycles. The lowest BCUT2D eigenvalue weighted by molar-refractivity contribution is -0.160. The van der Waals surface area contributed by atoms with E-state index < -0.39 is 35.9 Å². The van der Waals surface area contributed by atoms with Gasteiger partial charge in [-0.1, -0.05) is 48.5 Å². The van der Waals surface area contributed by atoms with E-state index in [1.54, 1.807) is 19.1 Å². The van der Waals surface area contributed by atoms with Gasteiger partial charge >= 0.3 is 5.97 Å². The highest BCUT2D eigenvalue weighted by Crippen LogP contribution is 2.27. The lowest BCUT2D eigenvalue weighted by Gasteiger charge is -2.26. The van der Waals surface area contributed by atoms with E-state index in [1.807, 2.05) is 48.5 Å². The Morgan fingerprint density at radius 2 is 1.67 bits per heavy atom. The Morgan fingerprint density at radius 1 is 1.00 bits per heavy atom. The third-order valence-corrected chi connectivity index (χ3v) is 5.27. The van der Waals surface area contributed by atoms with E-state index in [1.165, 1.54) is 26.3 Å². The third kappa shape index (κ3) is 7.44. The van der Waals surface area contributed by atoms with E-state index in [-0.39, 0.29) is 18.1 Å². The molecular weight excluding hydrogens is 464 g/mol. The Hall–Kier alpha value is -4.11. The van der Waals surface area contributed by atoms with Crippen LogP contribution in [-0.4, -0.2) is 53.9 Å². The van der Waals surface area contributed by atoms with Gasteiger partial charge in [0.2, 0.25) is 0 Å². The largest absolute Gasteiger partial charge is 0.503 e. The van der Waals surface area contributed by atoms with Gasteiger partial charge in [-0.05, 0) is 31.5 Å². The molecule has 0 bridgehead atoms. The predicted molar refractivity (Wildman–Crippen MR) is 132 cm³/mol. The van der Waals surface area contributed by atoms with Gasteiger partial charge in [-0.2, -0.15) is 0 Å². The minimum absolute atomic E-state index is 0.0769. The molecule has 1 heterocycles. The van der Waals surface area contributed by atoms with Gasteiger partial charge in [0.15, 0.2) is 23.3 Å². The van der Waals surface area contributed by atoms with Crippen LogP contribution in [0.5, 0.6) is 17.2 Å². The van der Waals surface area contributed by atoms with Crippen molar-refractivity contribution in [1.82, 2.24) is 10.3 Å². The average molecular weight is 495 g/mol. The topological polar surface area (TPSA) is 116 Å². The molecular formula is C27H30N2O7. The first-order valence-corrected chi connectivity index (χ1v) is 11.5. The molecule has 0 aliphatic carbocycles. The summed E-state index contributed by atoms with van der Waals surface area (Å²) in [5.41, 5.74) is 0.711. The fourth-order valence-corrected chi connectivity index (χ4v) is 3.26. The van der Waals surface area contributed by atoms with Gasteiger partial charge in [0.1, 0.15) is 17.9 Å². The Bertz CT molecular complexity index is 1130. The van der Waals surface area contributed by atoms with Gasteiger partial charge in [0.25, 0.3) is 5.91 Å². The second kappa shape index (κ2) is 13.1. The molecule has 0 saturated heterocycles. The second-order valence-corrected chi connectivity index (χ2v) is 8.02. The molecule has 9 nitrogen and oxygen atoms in total. The van der Waals surface area contributed by atoms with Crippen molar-refractivity contribution in [3.63, 3.8) is 0 Å². The fourth-order valence-electron chi connectivity index (χ4n) is 3.26. The van der Waals surface area contributed by atoms with Crippen molar-refractivity contribution in [2.24, 2.45) is 0 Å². The van der Waals surface area contributed by atoms with Crippen LogP contribution >= 0.6 is 0 Å². The van der Waals surface area contributed by atoms with Gasteiger partial charge in [0.05, 0.1) is 20.3 Å². The molecule has 36 heavy (non-hydrogen) atoms. The highest BCUT2D eigenvalue weighted by molar-refractivity contribution is 5.97. The van der Waals surface area contributed by atoms with Gasteiger partial charge < -0.3 is 29.4 Å². The number of benzene rings is 2. The van der Waals surface area contributed by atoms with Crippen molar-refractivity contribution in [3.05, 3.63) is 84.2 Å².